The van der Waals surface area contributed by atoms with Crippen LogP contribution in [0.5, 0.6) is 5.75 Å². The lowest BCUT2D eigenvalue weighted by Gasteiger charge is -2.13. The smallest absolute Gasteiger partial charge is 0.242 e. The Balaban J connectivity index is 2.20. The van der Waals surface area contributed by atoms with E-state index in [9.17, 15) is 9.59 Å². The summed E-state index contributed by atoms with van der Waals surface area (Å²) in [6, 6.07) is 7.28. The fraction of sp³-hybridized carbons (Fsp3) is 0.500. The Labute approximate surface area is 126 Å². The number of nitrogens with one attached hydrogen (secondary N) is 2. The fourth-order valence-corrected chi connectivity index (χ4v) is 1.83. The lowest BCUT2D eigenvalue weighted by Crippen LogP contribution is -2.44. The van der Waals surface area contributed by atoms with Crippen molar-refractivity contribution in [1.29, 1.82) is 0 Å². The molecule has 0 spiro atoms. The number of likely N-dealkylation sites (N-methyl/N-ethyl adjacent to an activating group) is 1. The van der Waals surface area contributed by atoms with E-state index in [-0.39, 0.29) is 11.8 Å². The molecule has 0 heterocycles. The molecule has 0 aliphatic heterocycles. The van der Waals surface area contributed by atoms with Gasteiger partial charge in [0.2, 0.25) is 11.8 Å². The summed E-state index contributed by atoms with van der Waals surface area (Å²) >= 11 is 0. The van der Waals surface area contributed by atoms with Gasteiger partial charge in [-0.15, -0.1) is 0 Å². The summed E-state index contributed by atoms with van der Waals surface area (Å²) in [5.41, 5.74) is 1.14. The first kappa shape index (κ1) is 17.0. The second kappa shape index (κ2) is 9.00. The minimum Gasteiger partial charge on any atom is -0.494 e. The Kier molecular flexibility index (Phi) is 7.29. The number of hydrogen-bond donors (Lipinski definition) is 2. The van der Waals surface area contributed by atoms with Crippen molar-refractivity contribution in [2.45, 2.75) is 39.7 Å². The predicted octanol–water partition coefficient (Wildman–Crippen LogP) is 1.79. The number of carbonyl (C=O) groups is 2. The van der Waals surface area contributed by atoms with Crippen LogP contribution >= 0.6 is 0 Å². The highest BCUT2D eigenvalue weighted by atomic mass is 16.5. The Morgan fingerprint density at radius 2 is 2.10 bits per heavy atom. The molecule has 21 heavy (non-hydrogen) atoms. The van der Waals surface area contributed by atoms with Crippen molar-refractivity contribution in [2.75, 3.05) is 13.2 Å². The zero-order valence-corrected chi connectivity index (χ0v) is 12.9. The zero-order valence-electron chi connectivity index (χ0n) is 12.9. The second-order valence-corrected chi connectivity index (χ2v) is 4.95. The van der Waals surface area contributed by atoms with Crippen LogP contribution in [0.25, 0.3) is 0 Å². The van der Waals surface area contributed by atoms with Gasteiger partial charge in [-0.25, -0.2) is 0 Å². The minimum absolute atomic E-state index is 0.137. The van der Waals surface area contributed by atoms with E-state index in [0.717, 1.165) is 11.3 Å². The topological polar surface area (TPSA) is 67.4 Å². The van der Waals surface area contributed by atoms with Gasteiger partial charge < -0.3 is 15.4 Å². The number of ether oxygens (including phenoxy) is 1. The first-order valence-corrected chi connectivity index (χ1v) is 7.29. The van der Waals surface area contributed by atoms with E-state index in [0.29, 0.717) is 26.0 Å². The molecule has 5 nitrogen and oxygen atoms in total. The van der Waals surface area contributed by atoms with E-state index < -0.39 is 6.04 Å². The molecule has 1 atom stereocenters. The summed E-state index contributed by atoms with van der Waals surface area (Å²) in [4.78, 5) is 23.2. The third kappa shape index (κ3) is 6.79. The normalized spacial score (nSPS) is 11.6. The average Bonchev–Trinajstić information content (AvgIpc) is 2.44. The molecule has 1 aromatic rings. The maximum absolute atomic E-state index is 11.7. The quantitative estimate of drug-likeness (QED) is 0.718. The molecule has 0 saturated heterocycles. The van der Waals surface area contributed by atoms with E-state index in [1.54, 1.807) is 6.92 Å². The standard InChI is InChI=1S/C16H24N2O3/c1-4-17-16(20)13(3)18-15(19)9-6-10-21-14-8-5-7-12(2)11-14/h5,7-8,11,13H,4,6,9-10H2,1-3H3,(H,17,20)(H,18,19)/t13-/m0/s1. The summed E-state index contributed by atoms with van der Waals surface area (Å²) in [6.07, 6.45) is 0.956. The number of amides is 2. The Morgan fingerprint density at radius 1 is 1.33 bits per heavy atom. The van der Waals surface area contributed by atoms with E-state index in [1.165, 1.54) is 0 Å². The summed E-state index contributed by atoms with van der Waals surface area (Å²) < 4.78 is 5.57. The molecule has 0 saturated carbocycles. The summed E-state index contributed by atoms with van der Waals surface area (Å²) in [7, 11) is 0. The molecule has 0 aliphatic carbocycles. The van der Waals surface area contributed by atoms with Gasteiger partial charge in [0.1, 0.15) is 11.8 Å². The van der Waals surface area contributed by atoms with Crippen molar-refractivity contribution >= 4 is 11.8 Å². The van der Waals surface area contributed by atoms with Crippen LogP contribution in [0.15, 0.2) is 24.3 Å². The van der Waals surface area contributed by atoms with Gasteiger partial charge in [-0.1, -0.05) is 12.1 Å². The van der Waals surface area contributed by atoms with Crippen LogP contribution in [0.3, 0.4) is 0 Å². The Morgan fingerprint density at radius 3 is 2.76 bits per heavy atom. The van der Waals surface area contributed by atoms with Gasteiger partial charge >= 0.3 is 0 Å². The zero-order chi connectivity index (χ0) is 15.7. The minimum atomic E-state index is -0.504. The molecule has 5 heteroatoms. The van der Waals surface area contributed by atoms with Gasteiger partial charge in [0.25, 0.3) is 0 Å². The first-order chi connectivity index (χ1) is 10.0. The van der Waals surface area contributed by atoms with Crippen molar-refractivity contribution in [3.63, 3.8) is 0 Å². The SMILES string of the molecule is CCNC(=O)[C@H](C)NC(=O)CCCOc1cccc(C)c1. The maximum Gasteiger partial charge on any atom is 0.242 e. The number of carbonyl (C=O) groups excluding carboxylic acids is 2. The lowest BCUT2D eigenvalue weighted by atomic mass is 10.2. The summed E-state index contributed by atoms with van der Waals surface area (Å²) in [5.74, 6) is 0.509. The predicted molar refractivity (Wildman–Crippen MR) is 82.2 cm³/mol. The molecule has 0 bridgehead atoms. The van der Waals surface area contributed by atoms with E-state index in [2.05, 4.69) is 10.6 Å². The van der Waals surface area contributed by atoms with Gasteiger partial charge in [-0.05, 0) is 44.9 Å². The van der Waals surface area contributed by atoms with E-state index in [4.69, 9.17) is 4.74 Å². The van der Waals surface area contributed by atoms with Crippen LogP contribution in [-0.4, -0.2) is 31.0 Å². The van der Waals surface area contributed by atoms with Gasteiger partial charge in [0.15, 0.2) is 0 Å². The molecule has 1 rings (SSSR count). The van der Waals surface area contributed by atoms with Crippen molar-refractivity contribution in [3.05, 3.63) is 29.8 Å². The number of rotatable bonds is 8. The molecule has 2 N–H and O–H groups in total. The van der Waals surface area contributed by atoms with Gasteiger partial charge in [0.05, 0.1) is 6.61 Å². The molecule has 0 fully saturated rings. The molecule has 0 unspecified atom stereocenters. The summed E-state index contributed by atoms with van der Waals surface area (Å²) in [5, 5.41) is 5.33. The van der Waals surface area contributed by atoms with Gasteiger partial charge in [-0.2, -0.15) is 0 Å². The fourth-order valence-electron chi connectivity index (χ4n) is 1.83. The first-order valence-electron chi connectivity index (χ1n) is 7.29. The van der Waals surface area contributed by atoms with Crippen LogP contribution in [0.4, 0.5) is 0 Å². The van der Waals surface area contributed by atoms with Crippen molar-refractivity contribution in [1.82, 2.24) is 10.6 Å². The third-order valence-electron chi connectivity index (χ3n) is 2.93. The highest BCUT2D eigenvalue weighted by Crippen LogP contribution is 2.12. The van der Waals surface area contributed by atoms with Crippen LogP contribution in [0.1, 0.15) is 32.3 Å². The van der Waals surface area contributed by atoms with Crippen molar-refractivity contribution < 1.29 is 14.3 Å². The summed E-state index contributed by atoms with van der Waals surface area (Å²) in [6.45, 7) is 6.56. The highest BCUT2D eigenvalue weighted by molar-refractivity contribution is 5.87. The van der Waals surface area contributed by atoms with Crippen molar-refractivity contribution in [2.24, 2.45) is 0 Å². The largest absolute Gasteiger partial charge is 0.494 e. The number of benzene rings is 1. The second-order valence-electron chi connectivity index (χ2n) is 4.95. The average molecular weight is 292 g/mol. The van der Waals surface area contributed by atoms with Gasteiger partial charge in [-0.3, -0.25) is 9.59 Å². The number of hydrogen-bond acceptors (Lipinski definition) is 3. The van der Waals surface area contributed by atoms with Crippen LogP contribution < -0.4 is 15.4 Å². The molecular weight excluding hydrogens is 268 g/mol. The van der Waals surface area contributed by atoms with Crippen LogP contribution in [0.2, 0.25) is 0 Å². The van der Waals surface area contributed by atoms with E-state index >= 15 is 0 Å². The Bertz CT molecular complexity index is 474. The molecule has 116 valence electrons. The monoisotopic (exact) mass is 292 g/mol. The number of aryl methyl sites for hydroxylation is 1. The van der Waals surface area contributed by atoms with Crippen LogP contribution in [0, 0.1) is 6.92 Å². The lowest BCUT2D eigenvalue weighted by molar-refractivity contribution is -0.128. The molecule has 0 aromatic heterocycles. The molecule has 0 aliphatic rings. The third-order valence-corrected chi connectivity index (χ3v) is 2.93. The van der Waals surface area contributed by atoms with Crippen LogP contribution in [-0.2, 0) is 9.59 Å². The van der Waals surface area contributed by atoms with E-state index in [1.807, 2.05) is 38.1 Å². The Hall–Kier alpha value is -2.04. The highest BCUT2D eigenvalue weighted by Gasteiger charge is 2.14. The van der Waals surface area contributed by atoms with Crippen molar-refractivity contribution in [3.8, 4) is 5.75 Å². The maximum atomic E-state index is 11.7. The van der Waals surface area contributed by atoms with Gasteiger partial charge in [0, 0.05) is 13.0 Å². The molecule has 2 amide bonds. The molecular formula is C16H24N2O3. The molecule has 1 aromatic carbocycles. The molecule has 0 radical (unpaired) electrons.